The summed E-state index contributed by atoms with van der Waals surface area (Å²) in [5.41, 5.74) is 4.24. The van der Waals surface area contributed by atoms with E-state index in [1.54, 1.807) is 27.6 Å². The number of carbonyl (C=O) groups excluding carboxylic acids is 1. The normalized spacial score (nSPS) is 11.8. The first kappa shape index (κ1) is 26.0. The molecule has 7 heteroatoms. The number of amides is 1. The quantitative estimate of drug-likeness (QED) is 0.224. The standard InChI is InChI=1S/C32H32N2O5/c1-36-24-12-10-22(11-13-24)20-34-21-30(28-8-4-5-9-31(28)34)29(18-32(35)33-19-25-7-6-14-39-25)23-15-26(37-2)17-27(16-23)38-3/h4-17,21,29H,18-20H2,1-3H3,(H,33,35)/t29-/m0/s1. The van der Waals surface area contributed by atoms with Gasteiger partial charge in [0.2, 0.25) is 5.91 Å². The summed E-state index contributed by atoms with van der Waals surface area (Å²) in [6.45, 7) is 1.02. The molecule has 5 aromatic rings. The number of furan rings is 1. The molecule has 7 nitrogen and oxygen atoms in total. The Morgan fingerprint density at radius 1 is 0.872 bits per heavy atom. The predicted octanol–water partition coefficient (Wildman–Crippen LogP) is 6.15. The summed E-state index contributed by atoms with van der Waals surface area (Å²) in [6, 6.07) is 25.8. The number of para-hydroxylation sites is 1. The van der Waals surface area contributed by atoms with Gasteiger partial charge in [-0.1, -0.05) is 30.3 Å². The zero-order chi connectivity index (χ0) is 27.2. The highest BCUT2D eigenvalue weighted by molar-refractivity contribution is 5.87. The third-order valence-corrected chi connectivity index (χ3v) is 6.91. The molecule has 0 unspecified atom stereocenters. The number of carbonyl (C=O) groups is 1. The van der Waals surface area contributed by atoms with E-state index in [2.05, 4.69) is 40.3 Å². The Balaban J connectivity index is 1.54. The number of nitrogens with one attached hydrogen (secondary N) is 1. The molecule has 200 valence electrons. The zero-order valence-electron chi connectivity index (χ0n) is 22.3. The van der Waals surface area contributed by atoms with Crippen LogP contribution in [0.4, 0.5) is 0 Å². The highest BCUT2D eigenvalue weighted by Gasteiger charge is 2.24. The van der Waals surface area contributed by atoms with Crippen LogP contribution >= 0.6 is 0 Å². The average molecular weight is 525 g/mol. The first-order valence-corrected chi connectivity index (χ1v) is 12.8. The van der Waals surface area contributed by atoms with Gasteiger partial charge in [-0.15, -0.1) is 0 Å². The van der Waals surface area contributed by atoms with Crippen molar-refractivity contribution in [2.24, 2.45) is 0 Å². The molecule has 0 aliphatic heterocycles. The van der Waals surface area contributed by atoms with Crippen LogP contribution in [0, 0.1) is 0 Å². The molecule has 0 spiro atoms. The molecule has 2 heterocycles. The molecule has 1 atom stereocenters. The van der Waals surface area contributed by atoms with Crippen molar-refractivity contribution in [3.8, 4) is 17.2 Å². The fraction of sp³-hybridized carbons (Fsp3) is 0.219. The van der Waals surface area contributed by atoms with Crippen LogP contribution < -0.4 is 19.5 Å². The third-order valence-electron chi connectivity index (χ3n) is 6.91. The molecule has 2 aromatic heterocycles. The fourth-order valence-corrected chi connectivity index (χ4v) is 4.91. The lowest BCUT2D eigenvalue weighted by atomic mass is 9.87. The summed E-state index contributed by atoms with van der Waals surface area (Å²) < 4.78 is 24.1. The van der Waals surface area contributed by atoms with Gasteiger partial charge in [-0.05, 0) is 59.2 Å². The summed E-state index contributed by atoms with van der Waals surface area (Å²) in [5, 5.41) is 4.10. The summed E-state index contributed by atoms with van der Waals surface area (Å²) in [4.78, 5) is 13.3. The lowest BCUT2D eigenvalue weighted by Gasteiger charge is -2.19. The van der Waals surface area contributed by atoms with Gasteiger partial charge < -0.3 is 28.5 Å². The number of benzene rings is 3. The number of hydrogen-bond acceptors (Lipinski definition) is 5. The molecule has 0 saturated heterocycles. The van der Waals surface area contributed by atoms with Crippen molar-refractivity contribution in [1.29, 1.82) is 0 Å². The molecular formula is C32H32N2O5. The number of ether oxygens (including phenoxy) is 3. The van der Waals surface area contributed by atoms with E-state index in [4.69, 9.17) is 18.6 Å². The van der Waals surface area contributed by atoms with Crippen LogP contribution in [0.5, 0.6) is 17.2 Å². The minimum atomic E-state index is -0.243. The first-order chi connectivity index (χ1) is 19.1. The van der Waals surface area contributed by atoms with E-state index in [1.165, 1.54) is 0 Å². The van der Waals surface area contributed by atoms with Crippen molar-refractivity contribution in [1.82, 2.24) is 9.88 Å². The number of aromatic nitrogens is 1. The summed E-state index contributed by atoms with van der Waals surface area (Å²) in [6.07, 6.45) is 4.00. The van der Waals surface area contributed by atoms with Gasteiger partial charge in [-0.2, -0.15) is 0 Å². The van der Waals surface area contributed by atoms with E-state index in [9.17, 15) is 4.79 Å². The van der Waals surface area contributed by atoms with Crippen molar-refractivity contribution >= 4 is 16.8 Å². The third kappa shape index (κ3) is 5.93. The van der Waals surface area contributed by atoms with Gasteiger partial charge in [-0.25, -0.2) is 0 Å². The molecule has 1 N–H and O–H groups in total. The minimum absolute atomic E-state index is 0.0785. The van der Waals surface area contributed by atoms with E-state index >= 15 is 0 Å². The van der Waals surface area contributed by atoms with Crippen LogP contribution in [-0.2, 0) is 17.9 Å². The monoisotopic (exact) mass is 524 g/mol. The Hall–Kier alpha value is -4.65. The highest BCUT2D eigenvalue weighted by Crippen LogP contribution is 2.38. The van der Waals surface area contributed by atoms with Crippen molar-refractivity contribution in [3.63, 3.8) is 0 Å². The maximum atomic E-state index is 13.3. The van der Waals surface area contributed by atoms with Crippen LogP contribution in [-0.4, -0.2) is 31.8 Å². The average Bonchev–Trinajstić information content (AvgIpc) is 3.63. The highest BCUT2D eigenvalue weighted by atomic mass is 16.5. The lowest BCUT2D eigenvalue weighted by molar-refractivity contribution is -0.121. The molecular weight excluding hydrogens is 492 g/mol. The molecule has 39 heavy (non-hydrogen) atoms. The predicted molar refractivity (Wildman–Crippen MR) is 151 cm³/mol. The van der Waals surface area contributed by atoms with Crippen molar-refractivity contribution in [2.45, 2.75) is 25.4 Å². The zero-order valence-corrected chi connectivity index (χ0v) is 22.3. The number of nitrogens with zero attached hydrogens (tertiary/aromatic N) is 1. The van der Waals surface area contributed by atoms with Gasteiger partial charge in [0.05, 0.1) is 34.1 Å². The molecule has 0 fully saturated rings. The van der Waals surface area contributed by atoms with E-state index in [-0.39, 0.29) is 18.2 Å². The molecule has 0 radical (unpaired) electrons. The summed E-state index contributed by atoms with van der Waals surface area (Å²) in [5.74, 6) is 2.56. The maximum absolute atomic E-state index is 13.3. The second-order valence-electron chi connectivity index (χ2n) is 9.34. The van der Waals surface area contributed by atoms with Gasteiger partial charge in [0, 0.05) is 42.0 Å². The molecule has 3 aromatic carbocycles. The number of methoxy groups -OCH3 is 3. The van der Waals surface area contributed by atoms with E-state index in [0.29, 0.717) is 30.3 Å². The second-order valence-corrected chi connectivity index (χ2v) is 9.34. The van der Waals surface area contributed by atoms with Crippen LogP contribution in [0.1, 0.15) is 34.8 Å². The molecule has 0 aliphatic carbocycles. The van der Waals surface area contributed by atoms with Crippen LogP contribution in [0.15, 0.2) is 95.7 Å². The smallest absolute Gasteiger partial charge is 0.221 e. The Labute approximate surface area is 227 Å². The van der Waals surface area contributed by atoms with Crippen molar-refractivity contribution in [3.05, 3.63) is 114 Å². The van der Waals surface area contributed by atoms with Crippen LogP contribution in [0.3, 0.4) is 0 Å². The van der Waals surface area contributed by atoms with Crippen LogP contribution in [0.25, 0.3) is 10.9 Å². The van der Waals surface area contributed by atoms with Crippen LogP contribution in [0.2, 0.25) is 0 Å². The minimum Gasteiger partial charge on any atom is -0.497 e. The maximum Gasteiger partial charge on any atom is 0.221 e. The van der Waals surface area contributed by atoms with E-state index in [0.717, 1.165) is 33.3 Å². The Bertz CT molecular complexity index is 1510. The van der Waals surface area contributed by atoms with E-state index < -0.39 is 0 Å². The summed E-state index contributed by atoms with van der Waals surface area (Å²) >= 11 is 0. The second kappa shape index (κ2) is 11.8. The van der Waals surface area contributed by atoms with Gasteiger partial charge in [0.25, 0.3) is 0 Å². The Morgan fingerprint density at radius 2 is 1.59 bits per heavy atom. The van der Waals surface area contributed by atoms with Crippen molar-refractivity contribution in [2.75, 3.05) is 21.3 Å². The molecule has 0 saturated carbocycles. The van der Waals surface area contributed by atoms with Gasteiger partial charge >= 0.3 is 0 Å². The largest absolute Gasteiger partial charge is 0.497 e. The van der Waals surface area contributed by atoms with Gasteiger partial charge in [0.1, 0.15) is 23.0 Å². The van der Waals surface area contributed by atoms with Crippen molar-refractivity contribution < 1.29 is 23.4 Å². The number of hydrogen-bond donors (Lipinski definition) is 1. The molecule has 1 amide bonds. The molecule has 5 rings (SSSR count). The summed E-state index contributed by atoms with van der Waals surface area (Å²) in [7, 11) is 4.92. The molecule has 0 bridgehead atoms. The lowest BCUT2D eigenvalue weighted by Crippen LogP contribution is -2.24. The Kier molecular flexibility index (Phi) is 7.87. The number of fused-ring (bicyclic) bond motifs is 1. The van der Waals surface area contributed by atoms with E-state index in [1.807, 2.05) is 54.6 Å². The Morgan fingerprint density at radius 3 is 2.26 bits per heavy atom. The fourth-order valence-electron chi connectivity index (χ4n) is 4.91. The van der Waals surface area contributed by atoms with Gasteiger partial charge in [0.15, 0.2) is 0 Å². The SMILES string of the molecule is COc1ccc(Cn2cc([C@@H](CC(=O)NCc3ccco3)c3cc(OC)cc(OC)c3)c3ccccc32)cc1. The topological polar surface area (TPSA) is 74.9 Å². The van der Waals surface area contributed by atoms with Gasteiger partial charge in [-0.3, -0.25) is 4.79 Å². The molecule has 0 aliphatic rings. The number of rotatable bonds is 11. The first-order valence-electron chi connectivity index (χ1n) is 12.8.